The van der Waals surface area contributed by atoms with Gasteiger partial charge < -0.3 is 24.4 Å². The normalized spacial score (nSPS) is 19.2. The highest BCUT2D eigenvalue weighted by molar-refractivity contribution is 7.80. The summed E-state index contributed by atoms with van der Waals surface area (Å²) in [5, 5.41) is 3.98. The van der Waals surface area contributed by atoms with Crippen LogP contribution in [-0.2, 0) is 11.3 Å². The van der Waals surface area contributed by atoms with Gasteiger partial charge in [-0.25, -0.2) is 0 Å². The third-order valence-electron chi connectivity index (χ3n) is 3.53. The Morgan fingerprint density at radius 1 is 1.35 bits per heavy atom. The fraction of sp³-hybridized carbons (Fsp3) is 0.500. The van der Waals surface area contributed by atoms with Crippen LogP contribution in [0.4, 0.5) is 0 Å². The maximum Gasteiger partial charge on any atom is 0.231 e. The molecule has 0 bridgehead atoms. The van der Waals surface area contributed by atoms with Gasteiger partial charge in [-0.2, -0.15) is 0 Å². The van der Waals surface area contributed by atoms with E-state index in [1.165, 1.54) is 0 Å². The van der Waals surface area contributed by atoms with Crippen molar-refractivity contribution in [3.8, 4) is 11.5 Å². The Morgan fingerprint density at radius 3 is 2.90 bits per heavy atom. The van der Waals surface area contributed by atoms with Crippen molar-refractivity contribution < 1.29 is 14.2 Å². The lowest BCUT2D eigenvalue weighted by Crippen LogP contribution is -2.48. The van der Waals surface area contributed by atoms with Crippen molar-refractivity contribution in [3.05, 3.63) is 23.8 Å². The van der Waals surface area contributed by atoms with Gasteiger partial charge in [0.1, 0.15) is 6.73 Å². The number of nitrogens with one attached hydrogen (secondary N) is 1. The van der Waals surface area contributed by atoms with Gasteiger partial charge in [-0.3, -0.25) is 0 Å². The number of nitrogens with zero attached hydrogens (tertiary/aromatic N) is 1. The van der Waals surface area contributed by atoms with E-state index in [0.29, 0.717) is 31.8 Å². The first kappa shape index (κ1) is 13.5. The van der Waals surface area contributed by atoms with E-state index in [1.807, 2.05) is 18.2 Å². The molecule has 1 saturated heterocycles. The zero-order valence-corrected chi connectivity index (χ0v) is 12.5. The van der Waals surface area contributed by atoms with E-state index >= 15 is 0 Å². The molecule has 1 fully saturated rings. The Balaban J connectivity index is 1.61. The van der Waals surface area contributed by atoms with Crippen LogP contribution in [0.15, 0.2) is 18.2 Å². The van der Waals surface area contributed by atoms with Crippen molar-refractivity contribution in [2.24, 2.45) is 0 Å². The average molecular weight is 294 g/mol. The molecule has 5 nitrogen and oxygen atoms in total. The Morgan fingerprint density at radius 2 is 2.15 bits per heavy atom. The Labute approximate surface area is 123 Å². The minimum Gasteiger partial charge on any atom is -0.454 e. The first-order valence-corrected chi connectivity index (χ1v) is 6.99. The molecule has 0 aromatic heterocycles. The Hall–Kier alpha value is -1.53. The lowest BCUT2D eigenvalue weighted by molar-refractivity contribution is 0.168. The summed E-state index contributed by atoms with van der Waals surface area (Å²) >= 11 is 5.44. The zero-order valence-electron chi connectivity index (χ0n) is 11.6. The Bertz CT molecular complexity index is 533. The van der Waals surface area contributed by atoms with Gasteiger partial charge in [-0.05, 0) is 43.8 Å². The van der Waals surface area contributed by atoms with Gasteiger partial charge in [0.25, 0.3) is 0 Å². The number of hydrogen-bond acceptors (Lipinski definition) is 4. The highest BCUT2D eigenvalue weighted by atomic mass is 32.1. The van der Waals surface area contributed by atoms with Crippen molar-refractivity contribution in [2.45, 2.75) is 25.9 Å². The summed E-state index contributed by atoms with van der Waals surface area (Å²) < 4.78 is 16.1. The van der Waals surface area contributed by atoms with E-state index in [0.717, 1.165) is 17.1 Å². The SMILES string of the molecule is CC1(C)COCN1C(=S)NCc1ccc2c(c1)OCO2. The summed E-state index contributed by atoms with van der Waals surface area (Å²) in [6.07, 6.45) is 0. The van der Waals surface area contributed by atoms with Crippen LogP contribution in [0.2, 0.25) is 0 Å². The van der Waals surface area contributed by atoms with Crippen molar-refractivity contribution in [1.82, 2.24) is 10.2 Å². The minimum absolute atomic E-state index is 0.0566. The monoisotopic (exact) mass is 294 g/mol. The largest absolute Gasteiger partial charge is 0.454 e. The van der Waals surface area contributed by atoms with Crippen LogP contribution < -0.4 is 14.8 Å². The van der Waals surface area contributed by atoms with E-state index in [-0.39, 0.29) is 5.54 Å². The van der Waals surface area contributed by atoms with Crippen LogP contribution in [0.3, 0.4) is 0 Å². The van der Waals surface area contributed by atoms with E-state index in [9.17, 15) is 0 Å². The molecule has 2 aliphatic rings. The predicted octanol–water partition coefficient (Wildman–Crippen LogP) is 1.86. The van der Waals surface area contributed by atoms with Crippen molar-refractivity contribution in [2.75, 3.05) is 20.1 Å². The second-order valence-corrected chi connectivity index (χ2v) is 5.95. The summed E-state index contributed by atoms with van der Waals surface area (Å²) in [6.45, 7) is 6.42. The van der Waals surface area contributed by atoms with Gasteiger partial charge >= 0.3 is 0 Å². The van der Waals surface area contributed by atoms with Crippen LogP contribution in [0.1, 0.15) is 19.4 Å². The topological polar surface area (TPSA) is 43.0 Å². The fourth-order valence-corrected chi connectivity index (χ4v) is 2.67. The van der Waals surface area contributed by atoms with Crippen molar-refractivity contribution >= 4 is 17.3 Å². The molecule has 0 amide bonds. The lowest BCUT2D eigenvalue weighted by Gasteiger charge is -2.31. The number of ether oxygens (including phenoxy) is 3. The number of rotatable bonds is 2. The molecular formula is C14H18N2O3S. The first-order chi connectivity index (χ1) is 9.56. The molecule has 0 radical (unpaired) electrons. The first-order valence-electron chi connectivity index (χ1n) is 6.58. The molecule has 2 heterocycles. The summed E-state index contributed by atoms with van der Waals surface area (Å²) in [4.78, 5) is 2.06. The zero-order chi connectivity index (χ0) is 14.2. The maximum absolute atomic E-state index is 5.47. The molecule has 2 aliphatic heterocycles. The molecule has 0 saturated carbocycles. The molecule has 1 aromatic rings. The van der Waals surface area contributed by atoms with E-state index < -0.39 is 0 Å². The van der Waals surface area contributed by atoms with Gasteiger partial charge in [0.2, 0.25) is 6.79 Å². The quantitative estimate of drug-likeness (QED) is 0.840. The lowest BCUT2D eigenvalue weighted by atomic mass is 10.1. The van der Waals surface area contributed by atoms with Gasteiger partial charge in [0.05, 0.1) is 12.1 Å². The molecule has 0 aliphatic carbocycles. The number of thiocarbonyl (C=S) groups is 1. The number of benzene rings is 1. The summed E-state index contributed by atoms with van der Waals surface area (Å²) in [6, 6.07) is 5.91. The predicted molar refractivity (Wildman–Crippen MR) is 78.7 cm³/mol. The Kier molecular flexibility index (Phi) is 3.43. The second-order valence-electron chi connectivity index (χ2n) is 5.56. The van der Waals surface area contributed by atoms with Gasteiger partial charge in [-0.15, -0.1) is 0 Å². The van der Waals surface area contributed by atoms with Crippen LogP contribution in [0.5, 0.6) is 11.5 Å². The van der Waals surface area contributed by atoms with Gasteiger partial charge in [-0.1, -0.05) is 6.07 Å². The molecular weight excluding hydrogens is 276 g/mol. The summed E-state index contributed by atoms with van der Waals surface area (Å²) in [5.74, 6) is 1.59. The molecule has 108 valence electrons. The van der Waals surface area contributed by atoms with Crippen LogP contribution in [0.25, 0.3) is 0 Å². The van der Waals surface area contributed by atoms with E-state index in [4.69, 9.17) is 26.4 Å². The molecule has 0 atom stereocenters. The standard InChI is InChI=1S/C14H18N2O3S/c1-14(2)7-17-8-16(14)13(20)15-6-10-3-4-11-12(5-10)19-9-18-11/h3-5H,6-9H2,1-2H3,(H,15,20). The smallest absolute Gasteiger partial charge is 0.231 e. The highest BCUT2D eigenvalue weighted by Gasteiger charge is 2.34. The minimum atomic E-state index is -0.0566. The summed E-state index contributed by atoms with van der Waals surface area (Å²) in [5.41, 5.74) is 1.05. The van der Waals surface area contributed by atoms with Crippen molar-refractivity contribution in [3.63, 3.8) is 0 Å². The van der Waals surface area contributed by atoms with Crippen LogP contribution >= 0.6 is 12.2 Å². The van der Waals surface area contributed by atoms with E-state index in [2.05, 4.69) is 24.1 Å². The van der Waals surface area contributed by atoms with Gasteiger partial charge in [0, 0.05) is 6.54 Å². The highest BCUT2D eigenvalue weighted by Crippen LogP contribution is 2.32. The van der Waals surface area contributed by atoms with E-state index in [1.54, 1.807) is 0 Å². The third-order valence-corrected chi connectivity index (χ3v) is 3.90. The average Bonchev–Trinajstić information content (AvgIpc) is 3.01. The molecule has 1 N–H and O–H groups in total. The molecule has 1 aromatic carbocycles. The molecule has 20 heavy (non-hydrogen) atoms. The van der Waals surface area contributed by atoms with Crippen molar-refractivity contribution in [1.29, 1.82) is 0 Å². The number of fused-ring (bicyclic) bond motifs is 1. The third kappa shape index (κ3) is 2.53. The number of hydrogen-bond donors (Lipinski definition) is 1. The maximum atomic E-state index is 5.47. The van der Waals surface area contributed by atoms with Gasteiger partial charge in [0.15, 0.2) is 16.6 Å². The molecule has 0 unspecified atom stereocenters. The molecule has 0 spiro atoms. The molecule has 3 rings (SSSR count). The fourth-order valence-electron chi connectivity index (χ4n) is 2.30. The van der Waals surface area contributed by atoms with Crippen LogP contribution in [-0.4, -0.2) is 35.7 Å². The molecule has 6 heteroatoms. The van der Waals surface area contributed by atoms with Crippen LogP contribution in [0, 0.1) is 0 Å². The second kappa shape index (κ2) is 5.10. The summed E-state index contributed by atoms with van der Waals surface area (Å²) in [7, 11) is 0.